The van der Waals surface area contributed by atoms with Gasteiger partial charge in [-0.05, 0) is 30.2 Å². The second kappa shape index (κ2) is 7.54. The van der Waals surface area contributed by atoms with Crippen LogP contribution in [0.4, 0.5) is 8.78 Å². The van der Waals surface area contributed by atoms with E-state index in [9.17, 15) is 8.78 Å². The molecule has 0 spiro atoms. The van der Waals surface area contributed by atoms with Crippen LogP contribution in [0.25, 0.3) is 0 Å². The molecule has 0 aliphatic rings. The molecule has 2 N–H and O–H groups in total. The molecule has 116 valence electrons. The highest BCUT2D eigenvalue weighted by Gasteiger charge is 2.04. The fourth-order valence-electron chi connectivity index (χ4n) is 2.04. The average Bonchev–Trinajstić information content (AvgIpc) is 2.52. The van der Waals surface area contributed by atoms with Crippen LogP contribution in [0, 0.1) is 18.6 Å². The van der Waals surface area contributed by atoms with Gasteiger partial charge in [-0.25, -0.2) is 8.78 Å². The molecule has 0 aromatic heterocycles. The standard InChI is InChI=1S/C17H19F2N3/c1-12-9-13(7-8-15(12)18)10-21-17(20-2)22-11-14-5-3-4-6-16(14)19/h3-9H,10-11H2,1-2H3,(H2,20,21,22). The minimum absolute atomic E-state index is 0.217. The van der Waals surface area contributed by atoms with Crippen LogP contribution in [0.3, 0.4) is 0 Å². The van der Waals surface area contributed by atoms with E-state index in [0.717, 1.165) is 5.56 Å². The van der Waals surface area contributed by atoms with Crippen molar-refractivity contribution in [1.82, 2.24) is 10.6 Å². The van der Waals surface area contributed by atoms with Crippen molar-refractivity contribution in [1.29, 1.82) is 0 Å². The molecule has 0 heterocycles. The number of guanidine groups is 1. The molecule has 0 fully saturated rings. The lowest BCUT2D eigenvalue weighted by Crippen LogP contribution is -2.36. The van der Waals surface area contributed by atoms with Crippen molar-refractivity contribution in [3.63, 3.8) is 0 Å². The van der Waals surface area contributed by atoms with Gasteiger partial charge in [-0.1, -0.05) is 30.3 Å². The summed E-state index contributed by atoms with van der Waals surface area (Å²) >= 11 is 0. The van der Waals surface area contributed by atoms with Crippen LogP contribution in [-0.4, -0.2) is 13.0 Å². The highest BCUT2D eigenvalue weighted by molar-refractivity contribution is 5.79. The van der Waals surface area contributed by atoms with Gasteiger partial charge >= 0.3 is 0 Å². The molecule has 5 heteroatoms. The zero-order valence-electron chi connectivity index (χ0n) is 12.7. The van der Waals surface area contributed by atoms with Crippen LogP contribution in [0.1, 0.15) is 16.7 Å². The van der Waals surface area contributed by atoms with Crippen molar-refractivity contribution in [2.45, 2.75) is 20.0 Å². The molecule has 0 radical (unpaired) electrons. The molecule has 3 nitrogen and oxygen atoms in total. The van der Waals surface area contributed by atoms with E-state index in [1.165, 1.54) is 12.1 Å². The molecule has 0 aliphatic carbocycles. The third-order valence-corrected chi connectivity index (χ3v) is 3.31. The van der Waals surface area contributed by atoms with Crippen molar-refractivity contribution in [2.75, 3.05) is 7.05 Å². The maximum atomic E-state index is 13.5. The Balaban J connectivity index is 1.90. The first-order valence-electron chi connectivity index (χ1n) is 7.03. The Hall–Kier alpha value is -2.43. The number of rotatable bonds is 4. The third-order valence-electron chi connectivity index (χ3n) is 3.31. The Morgan fingerprint density at radius 1 is 1.00 bits per heavy atom. The van der Waals surface area contributed by atoms with Gasteiger partial charge in [-0.2, -0.15) is 0 Å². The number of aryl methyl sites for hydroxylation is 1. The Morgan fingerprint density at radius 3 is 2.41 bits per heavy atom. The van der Waals surface area contributed by atoms with Gasteiger partial charge in [0.25, 0.3) is 0 Å². The molecule has 0 saturated carbocycles. The molecule has 2 rings (SSSR count). The fourth-order valence-corrected chi connectivity index (χ4v) is 2.04. The minimum atomic E-state index is -0.250. The number of nitrogens with one attached hydrogen (secondary N) is 2. The van der Waals surface area contributed by atoms with Crippen LogP contribution in [0.15, 0.2) is 47.5 Å². The quantitative estimate of drug-likeness (QED) is 0.672. The predicted octanol–water partition coefficient (Wildman–Crippen LogP) is 3.14. The van der Waals surface area contributed by atoms with Gasteiger partial charge in [-0.15, -0.1) is 0 Å². The minimum Gasteiger partial charge on any atom is -0.352 e. The monoisotopic (exact) mass is 303 g/mol. The maximum absolute atomic E-state index is 13.5. The maximum Gasteiger partial charge on any atom is 0.191 e. The van der Waals surface area contributed by atoms with Crippen molar-refractivity contribution >= 4 is 5.96 Å². The molecule has 0 atom stereocenters. The summed E-state index contributed by atoms with van der Waals surface area (Å²) in [5.74, 6) is 0.0932. The predicted molar refractivity (Wildman–Crippen MR) is 84.6 cm³/mol. The molecule has 2 aromatic carbocycles. The van der Waals surface area contributed by atoms with Crippen LogP contribution in [-0.2, 0) is 13.1 Å². The summed E-state index contributed by atoms with van der Waals surface area (Å²) < 4.78 is 26.8. The molecule has 22 heavy (non-hydrogen) atoms. The summed E-state index contributed by atoms with van der Waals surface area (Å²) in [6, 6.07) is 11.5. The highest BCUT2D eigenvalue weighted by Crippen LogP contribution is 2.09. The van der Waals surface area contributed by atoms with E-state index in [4.69, 9.17) is 0 Å². The van der Waals surface area contributed by atoms with Gasteiger partial charge in [-0.3, -0.25) is 4.99 Å². The number of benzene rings is 2. The second-order valence-corrected chi connectivity index (χ2v) is 4.95. The fraction of sp³-hybridized carbons (Fsp3) is 0.235. The van der Waals surface area contributed by atoms with Crippen molar-refractivity contribution in [3.8, 4) is 0 Å². The zero-order chi connectivity index (χ0) is 15.9. The van der Waals surface area contributed by atoms with E-state index in [2.05, 4.69) is 15.6 Å². The van der Waals surface area contributed by atoms with E-state index in [1.54, 1.807) is 44.3 Å². The largest absolute Gasteiger partial charge is 0.352 e. The third kappa shape index (κ3) is 4.28. The summed E-state index contributed by atoms with van der Waals surface area (Å²) in [4.78, 5) is 4.09. The van der Waals surface area contributed by atoms with E-state index >= 15 is 0 Å². The molecule has 0 aliphatic heterocycles. The summed E-state index contributed by atoms with van der Waals surface area (Å²) in [7, 11) is 1.65. The van der Waals surface area contributed by atoms with E-state index < -0.39 is 0 Å². The van der Waals surface area contributed by atoms with Gasteiger partial charge in [0.2, 0.25) is 0 Å². The number of halogens is 2. The molecule has 0 unspecified atom stereocenters. The Kier molecular flexibility index (Phi) is 5.47. The highest BCUT2D eigenvalue weighted by atomic mass is 19.1. The van der Waals surface area contributed by atoms with Gasteiger partial charge < -0.3 is 10.6 Å². The summed E-state index contributed by atoms with van der Waals surface area (Å²) in [6.07, 6.45) is 0. The lowest BCUT2D eigenvalue weighted by atomic mass is 10.1. The van der Waals surface area contributed by atoms with E-state index in [1.807, 2.05) is 0 Å². The zero-order valence-corrected chi connectivity index (χ0v) is 12.7. The Bertz CT molecular complexity index is 669. The Morgan fingerprint density at radius 2 is 1.73 bits per heavy atom. The molecule has 0 bridgehead atoms. The molecular weight excluding hydrogens is 284 g/mol. The van der Waals surface area contributed by atoms with Crippen LogP contribution in [0.2, 0.25) is 0 Å². The van der Waals surface area contributed by atoms with Gasteiger partial charge in [0.15, 0.2) is 5.96 Å². The molecule has 0 amide bonds. The van der Waals surface area contributed by atoms with Crippen molar-refractivity contribution in [3.05, 3.63) is 70.8 Å². The summed E-state index contributed by atoms with van der Waals surface area (Å²) in [6.45, 7) is 2.58. The lowest BCUT2D eigenvalue weighted by molar-refractivity contribution is 0.604. The van der Waals surface area contributed by atoms with Crippen LogP contribution < -0.4 is 10.6 Å². The number of nitrogens with zero attached hydrogens (tertiary/aromatic N) is 1. The van der Waals surface area contributed by atoms with Crippen LogP contribution in [0.5, 0.6) is 0 Å². The van der Waals surface area contributed by atoms with Gasteiger partial charge in [0.05, 0.1) is 0 Å². The SMILES string of the molecule is CN=C(NCc1ccc(F)c(C)c1)NCc1ccccc1F. The van der Waals surface area contributed by atoms with Crippen molar-refractivity contribution < 1.29 is 8.78 Å². The van der Waals surface area contributed by atoms with Gasteiger partial charge in [0, 0.05) is 25.7 Å². The van der Waals surface area contributed by atoms with Crippen molar-refractivity contribution in [2.24, 2.45) is 4.99 Å². The molecular formula is C17H19F2N3. The Labute approximate surface area is 129 Å². The number of hydrogen-bond donors (Lipinski definition) is 2. The molecule has 2 aromatic rings. The number of aliphatic imine (C=N–C) groups is 1. The van der Waals surface area contributed by atoms with E-state index in [-0.39, 0.29) is 11.6 Å². The smallest absolute Gasteiger partial charge is 0.191 e. The first kappa shape index (κ1) is 15.9. The van der Waals surface area contributed by atoms with Gasteiger partial charge in [0.1, 0.15) is 11.6 Å². The normalized spacial score (nSPS) is 11.4. The van der Waals surface area contributed by atoms with Crippen LogP contribution >= 0.6 is 0 Å². The first-order valence-corrected chi connectivity index (χ1v) is 7.03. The average molecular weight is 303 g/mol. The first-order chi connectivity index (χ1) is 10.6. The molecule has 0 saturated heterocycles. The second-order valence-electron chi connectivity index (χ2n) is 4.95. The summed E-state index contributed by atoms with van der Waals surface area (Å²) in [5.41, 5.74) is 2.13. The van der Waals surface area contributed by atoms with E-state index in [0.29, 0.717) is 30.2 Å². The summed E-state index contributed by atoms with van der Waals surface area (Å²) in [5, 5.41) is 6.16. The topological polar surface area (TPSA) is 36.4 Å². The number of hydrogen-bond acceptors (Lipinski definition) is 1. The lowest BCUT2D eigenvalue weighted by Gasteiger charge is -2.12.